The molecule has 0 N–H and O–H groups in total. The van der Waals surface area contributed by atoms with Crippen molar-refractivity contribution in [3.05, 3.63) is 35.4 Å². The second-order valence-corrected chi connectivity index (χ2v) is 5.93. The molecule has 140 valence electrons. The van der Waals surface area contributed by atoms with Gasteiger partial charge >= 0.3 is 12.1 Å². The van der Waals surface area contributed by atoms with Crippen molar-refractivity contribution in [3.63, 3.8) is 0 Å². The Hall–Kier alpha value is -2.46. The van der Waals surface area contributed by atoms with Gasteiger partial charge in [0.1, 0.15) is 0 Å². The Kier molecular flexibility index (Phi) is 4.97. The number of benzene rings is 1. The van der Waals surface area contributed by atoms with Gasteiger partial charge in [-0.3, -0.25) is 14.5 Å². The molecule has 1 unspecified atom stereocenters. The molecule has 3 rings (SSSR count). The molecule has 1 aromatic rings. The van der Waals surface area contributed by atoms with Crippen molar-refractivity contribution in [1.82, 2.24) is 9.96 Å². The van der Waals surface area contributed by atoms with Crippen LogP contribution in [-0.2, 0) is 14.4 Å². The van der Waals surface area contributed by atoms with E-state index in [-0.39, 0.29) is 30.9 Å². The number of morpholine rings is 1. The lowest BCUT2D eigenvalue weighted by molar-refractivity contribution is -0.178. The van der Waals surface area contributed by atoms with Crippen LogP contribution in [0.4, 0.5) is 13.2 Å². The number of fused-ring (bicyclic) bond motifs is 1. The molecule has 2 aliphatic heterocycles. The highest BCUT2D eigenvalue weighted by Crippen LogP contribution is 2.24. The molecular formula is C16H15F3N2O5. The van der Waals surface area contributed by atoms with E-state index in [1.807, 2.05) is 0 Å². The quantitative estimate of drug-likeness (QED) is 0.744. The van der Waals surface area contributed by atoms with Crippen molar-refractivity contribution in [3.8, 4) is 0 Å². The van der Waals surface area contributed by atoms with Crippen LogP contribution < -0.4 is 0 Å². The molecule has 0 saturated carbocycles. The van der Waals surface area contributed by atoms with E-state index in [2.05, 4.69) is 0 Å². The Balaban J connectivity index is 1.63. The summed E-state index contributed by atoms with van der Waals surface area (Å²) in [5.41, 5.74) is 0.204. The molecule has 1 fully saturated rings. The van der Waals surface area contributed by atoms with E-state index in [4.69, 9.17) is 9.57 Å². The van der Waals surface area contributed by atoms with E-state index >= 15 is 0 Å². The number of hydroxylamine groups is 2. The summed E-state index contributed by atoms with van der Waals surface area (Å²) >= 11 is 0. The zero-order valence-electron chi connectivity index (χ0n) is 13.5. The highest BCUT2D eigenvalue weighted by Gasteiger charge is 2.40. The molecule has 1 saturated heterocycles. The van der Waals surface area contributed by atoms with Crippen LogP contribution in [0.25, 0.3) is 0 Å². The summed E-state index contributed by atoms with van der Waals surface area (Å²) in [4.78, 5) is 42.3. The number of carbonyl (C=O) groups is 3. The average molecular weight is 372 g/mol. The van der Waals surface area contributed by atoms with E-state index in [1.165, 1.54) is 12.1 Å². The van der Waals surface area contributed by atoms with Crippen LogP contribution in [0.15, 0.2) is 24.3 Å². The molecule has 2 amide bonds. The maximum Gasteiger partial charge on any atom is 0.401 e. The molecule has 0 aliphatic carbocycles. The Bertz CT molecular complexity index is 702. The van der Waals surface area contributed by atoms with Crippen molar-refractivity contribution in [1.29, 1.82) is 0 Å². The summed E-state index contributed by atoms with van der Waals surface area (Å²) in [7, 11) is 0. The maximum atomic E-state index is 12.6. The second kappa shape index (κ2) is 7.04. The summed E-state index contributed by atoms with van der Waals surface area (Å²) < 4.78 is 43.0. The molecule has 0 radical (unpaired) electrons. The number of amides is 2. The van der Waals surface area contributed by atoms with Crippen molar-refractivity contribution >= 4 is 17.8 Å². The number of alkyl halides is 3. The number of halogens is 3. The molecular weight excluding hydrogens is 357 g/mol. The van der Waals surface area contributed by atoms with E-state index < -0.39 is 43.0 Å². The number of hydrogen-bond acceptors (Lipinski definition) is 6. The van der Waals surface area contributed by atoms with Crippen molar-refractivity contribution in [2.75, 3.05) is 26.3 Å². The number of rotatable bonds is 4. The van der Waals surface area contributed by atoms with E-state index in [0.29, 0.717) is 5.06 Å². The van der Waals surface area contributed by atoms with Crippen LogP contribution in [0.2, 0.25) is 0 Å². The van der Waals surface area contributed by atoms with Crippen LogP contribution in [0.5, 0.6) is 0 Å². The minimum Gasteiger partial charge on any atom is -0.378 e. The van der Waals surface area contributed by atoms with E-state index in [0.717, 1.165) is 4.90 Å². The largest absolute Gasteiger partial charge is 0.401 e. The Morgan fingerprint density at radius 2 is 1.81 bits per heavy atom. The van der Waals surface area contributed by atoms with E-state index in [9.17, 15) is 27.6 Å². The minimum atomic E-state index is -4.41. The molecule has 7 nitrogen and oxygen atoms in total. The number of nitrogens with zero attached hydrogens (tertiary/aromatic N) is 2. The van der Waals surface area contributed by atoms with Crippen molar-refractivity contribution in [2.24, 2.45) is 0 Å². The Labute approximate surface area is 146 Å². The lowest BCUT2D eigenvalue weighted by Gasteiger charge is -2.35. The predicted molar refractivity (Wildman–Crippen MR) is 79.9 cm³/mol. The second-order valence-electron chi connectivity index (χ2n) is 5.93. The smallest absolute Gasteiger partial charge is 0.378 e. The number of hydrogen-bond donors (Lipinski definition) is 0. The molecule has 2 heterocycles. The van der Waals surface area contributed by atoms with Gasteiger partial charge in [0, 0.05) is 12.6 Å². The molecule has 1 atom stereocenters. The predicted octanol–water partition coefficient (Wildman–Crippen LogP) is 1.39. The van der Waals surface area contributed by atoms with Gasteiger partial charge in [-0.2, -0.15) is 13.2 Å². The molecule has 1 aromatic carbocycles. The van der Waals surface area contributed by atoms with Crippen LogP contribution >= 0.6 is 0 Å². The molecule has 0 bridgehead atoms. The average Bonchev–Trinajstić information content (AvgIpc) is 2.81. The van der Waals surface area contributed by atoms with Gasteiger partial charge in [0.2, 0.25) is 0 Å². The SMILES string of the molecule is O=C(CC1COCCN1CC(F)(F)F)ON1C(=O)c2ccccc2C1=O. The topological polar surface area (TPSA) is 76.2 Å². The van der Waals surface area contributed by atoms with Gasteiger partial charge in [0.05, 0.1) is 37.3 Å². The normalized spacial score (nSPS) is 21.0. The standard InChI is InChI=1S/C16H15F3N2O5/c17-16(18,19)9-20-5-6-25-8-10(20)7-13(22)26-21-14(23)11-3-1-2-4-12(11)15(21)24/h1-4,10H,5-9H2. The Morgan fingerprint density at radius 1 is 1.19 bits per heavy atom. The third-order valence-corrected chi connectivity index (χ3v) is 4.08. The number of ether oxygens (including phenoxy) is 1. The molecule has 26 heavy (non-hydrogen) atoms. The summed E-state index contributed by atoms with van der Waals surface area (Å²) in [5, 5.41) is 0.338. The highest BCUT2D eigenvalue weighted by molar-refractivity contribution is 6.20. The van der Waals surface area contributed by atoms with Gasteiger partial charge in [-0.05, 0) is 12.1 Å². The third-order valence-electron chi connectivity index (χ3n) is 4.08. The van der Waals surface area contributed by atoms with Crippen molar-refractivity contribution in [2.45, 2.75) is 18.6 Å². The fraction of sp³-hybridized carbons (Fsp3) is 0.438. The summed E-state index contributed by atoms with van der Waals surface area (Å²) in [5.74, 6) is -2.56. The third kappa shape index (κ3) is 3.86. The van der Waals surface area contributed by atoms with Crippen LogP contribution in [0, 0.1) is 0 Å². The molecule has 0 aromatic heterocycles. The summed E-state index contributed by atoms with van der Waals surface area (Å²) in [6, 6.07) is 5.10. The zero-order chi connectivity index (χ0) is 18.9. The van der Waals surface area contributed by atoms with Gasteiger partial charge in [-0.25, -0.2) is 4.79 Å². The van der Waals surface area contributed by atoms with Gasteiger partial charge in [0.25, 0.3) is 11.8 Å². The molecule has 10 heteroatoms. The van der Waals surface area contributed by atoms with Crippen LogP contribution in [0.1, 0.15) is 27.1 Å². The maximum absolute atomic E-state index is 12.6. The van der Waals surface area contributed by atoms with Gasteiger partial charge in [-0.15, -0.1) is 0 Å². The van der Waals surface area contributed by atoms with Crippen LogP contribution in [-0.4, -0.2) is 66.3 Å². The van der Waals surface area contributed by atoms with Gasteiger partial charge in [0.15, 0.2) is 0 Å². The molecule has 0 spiro atoms. The summed E-state index contributed by atoms with van der Waals surface area (Å²) in [6.45, 7) is -1.11. The lowest BCUT2D eigenvalue weighted by Crippen LogP contribution is -2.50. The van der Waals surface area contributed by atoms with Crippen molar-refractivity contribution < 1.29 is 37.1 Å². The fourth-order valence-electron chi connectivity index (χ4n) is 2.90. The van der Waals surface area contributed by atoms with Gasteiger partial charge < -0.3 is 9.57 Å². The minimum absolute atomic E-state index is 0.0183. The van der Waals surface area contributed by atoms with Crippen LogP contribution in [0.3, 0.4) is 0 Å². The molecule has 2 aliphatic rings. The lowest BCUT2D eigenvalue weighted by atomic mass is 10.1. The zero-order valence-corrected chi connectivity index (χ0v) is 13.5. The first kappa shape index (κ1) is 18.3. The highest BCUT2D eigenvalue weighted by atomic mass is 19.4. The monoisotopic (exact) mass is 372 g/mol. The van der Waals surface area contributed by atoms with E-state index in [1.54, 1.807) is 12.1 Å². The number of carbonyl (C=O) groups excluding carboxylic acids is 3. The first-order valence-corrected chi connectivity index (χ1v) is 7.83. The first-order chi connectivity index (χ1) is 12.3. The Morgan fingerprint density at radius 3 is 2.38 bits per heavy atom. The first-order valence-electron chi connectivity index (χ1n) is 7.83. The van der Waals surface area contributed by atoms with Gasteiger partial charge in [-0.1, -0.05) is 17.2 Å². The summed E-state index contributed by atoms with van der Waals surface area (Å²) in [6.07, 6.45) is -4.86. The fourth-order valence-corrected chi connectivity index (χ4v) is 2.90. The number of imide groups is 1.